The van der Waals surface area contributed by atoms with Crippen LogP contribution in [0.3, 0.4) is 0 Å². The largest absolute Gasteiger partial charge is 0.481 e. The Morgan fingerprint density at radius 2 is 1.69 bits per heavy atom. The van der Waals surface area contributed by atoms with Crippen LogP contribution in [0.5, 0.6) is 0 Å². The van der Waals surface area contributed by atoms with Gasteiger partial charge in [-0.25, -0.2) is 4.98 Å². The number of carbonyl (C=O) groups is 2. The summed E-state index contributed by atoms with van der Waals surface area (Å²) in [6.07, 6.45) is 3.59. The second-order valence-electron chi connectivity index (χ2n) is 25.0. The lowest BCUT2D eigenvalue weighted by molar-refractivity contribution is -0.348. The molecule has 70 heavy (non-hydrogen) atoms. The van der Waals surface area contributed by atoms with Crippen molar-refractivity contribution >= 4 is 11.9 Å². The summed E-state index contributed by atoms with van der Waals surface area (Å²) in [6, 6.07) is -0.368. The van der Waals surface area contributed by atoms with E-state index in [1.807, 2.05) is 13.8 Å². The fourth-order valence-corrected chi connectivity index (χ4v) is 18.3. The molecule has 21 atom stereocenters. The number of rotatable bonds is 14. The number of H-pyrrole nitrogens is 1. The van der Waals surface area contributed by atoms with Crippen LogP contribution in [0.15, 0.2) is 24.2 Å². The molecule has 0 radical (unpaired) electrons. The van der Waals surface area contributed by atoms with Crippen LogP contribution in [0.4, 0.5) is 0 Å². The molecule has 0 aromatic carbocycles. The fraction of sp³-hybridized carbons (Fsp3) is 0.868. The van der Waals surface area contributed by atoms with Crippen molar-refractivity contribution in [1.29, 1.82) is 0 Å². The maximum absolute atomic E-state index is 14.8. The van der Waals surface area contributed by atoms with Crippen molar-refractivity contribution in [3.05, 3.63) is 29.9 Å². The number of allylic oxidation sites excluding steroid dienone is 2. The number of carboxylic acids is 1. The molecule has 1 spiro atoms. The molecular weight excluding hydrogens is 901 g/mol. The number of aliphatic hydroxyl groups is 8. The van der Waals surface area contributed by atoms with E-state index in [-0.39, 0.29) is 49.5 Å². The summed E-state index contributed by atoms with van der Waals surface area (Å²) in [7, 11) is 0. The molecule has 6 aliphatic carbocycles. The van der Waals surface area contributed by atoms with E-state index in [0.29, 0.717) is 83.6 Å². The highest BCUT2D eigenvalue weighted by atomic mass is 16.7. The van der Waals surface area contributed by atoms with Crippen LogP contribution in [0.25, 0.3) is 0 Å². The van der Waals surface area contributed by atoms with Gasteiger partial charge in [-0.3, -0.25) is 9.59 Å². The van der Waals surface area contributed by atoms with Crippen LogP contribution >= 0.6 is 0 Å². The fourth-order valence-electron chi connectivity index (χ4n) is 18.3. The summed E-state index contributed by atoms with van der Waals surface area (Å²) in [4.78, 5) is 36.3. The van der Waals surface area contributed by atoms with Crippen molar-refractivity contribution in [3.63, 3.8) is 0 Å². The molecule has 13 N–H and O–H groups in total. The van der Waals surface area contributed by atoms with Gasteiger partial charge in [0.05, 0.1) is 48.7 Å². The Labute approximate surface area is 412 Å². The van der Waals surface area contributed by atoms with Crippen LogP contribution in [0.2, 0.25) is 0 Å². The van der Waals surface area contributed by atoms with Gasteiger partial charge >= 0.3 is 5.97 Å². The van der Waals surface area contributed by atoms with Crippen molar-refractivity contribution in [1.82, 2.24) is 15.3 Å². The summed E-state index contributed by atoms with van der Waals surface area (Å²) >= 11 is 0. The van der Waals surface area contributed by atoms with Gasteiger partial charge in [-0.2, -0.15) is 0 Å². The molecule has 1 aromatic rings. The molecule has 3 heterocycles. The van der Waals surface area contributed by atoms with Crippen molar-refractivity contribution in [2.45, 2.75) is 179 Å². The third-order valence-electron chi connectivity index (χ3n) is 22.4. The molecule has 8 aliphatic rings. The number of fused-ring (bicyclic) bond motifs is 7. The minimum atomic E-state index is -1.70. The number of aromatic amines is 1. The van der Waals surface area contributed by atoms with E-state index < -0.39 is 117 Å². The number of aliphatic hydroxyl groups excluding tert-OH is 8. The summed E-state index contributed by atoms with van der Waals surface area (Å²) in [6.45, 7) is 9.67. The van der Waals surface area contributed by atoms with Crippen molar-refractivity contribution in [2.24, 2.45) is 79.1 Å². The van der Waals surface area contributed by atoms with Gasteiger partial charge in [0.1, 0.15) is 18.3 Å². The molecule has 17 heteroatoms. The van der Waals surface area contributed by atoms with Crippen molar-refractivity contribution in [2.75, 3.05) is 33.0 Å². The van der Waals surface area contributed by atoms with E-state index in [1.54, 1.807) is 12.5 Å². The Balaban J connectivity index is 1.23. The number of aliphatic carboxylic acids is 1. The SMILES string of the molecule is C[C@]1(CO)CC[C@]2(C(=O)O)[C@@H](CO)C[C@]3(C)C(=CC[C@@H]4[C@]5(C)[C@H](CC[C@]43C)[C@](C)([C@H](O)CO)[C@H](O[C@@H]3OC[C@@H](O)[C@H](O)[C@H]3O)[C@H](O)[C@@H]5C[C@H]3[C@@H]([C@H](CCCN)c4cnc[nH]4)NC(=O)C34CCCC4)[C@@H]2C1. The maximum Gasteiger partial charge on any atom is 0.310 e. The van der Waals surface area contributed by atoms with Crippen LogP contribution in [-0.2, 0) is 19.1 Å². The van der Waals surface area contributed by atoms with Gasteiger partial charge in [0.15, 0.2) is 6.29 Å². The first-order chi connectivity index (χ1) is 33.1. The first kappa shape index (κ1) is 52.3. The molecule has 9 rings (SSSR count). The average Bonchev–Trinajstić information content (AvgIpc) is 4.11. The molecule has 7 fully saturated rings. The molecule has 5 saturated carbocycles. The number of aromatic nitrogens is 2. The highest BCUT2D eigenvalue weighted by Gasteiger charge is 2.76. The van der Waals surface area contributed by atoms with Crippen LogP contribution < -0.4 is 11.1 Å². The van der Waals surface area contributed by atoms with Crippen molar-refractivity contribution in [3.8, 4) is 0 Å². The lowest BCUT2D eigenvalue weighted by Gasteiger charge is -2.74. The molecule has 0 bridgehead atoms. The predicted molar refractivity (Wildman–Crippen MR) is 255 cm³/mol. The summed E-state index contributed by atoms with van der Waals surface area (Å²) in [5.41, 5.74) is 2.15. The Kier molecular flexibility index (Phi) is 14.0. The highest BCUT2D eigenvalue weighted by molar-refractivity contribution is 5.86. The van der Waals surface area contributed by atoms with E-state index in [2.05, 4.69) is 42.1 Å². The number of hydrogen-bond acceptors (Lipinski definition) is 14. The second kappa shape index (κ2) is 18.7. The van der Waals surface area contributed by atoms with Gasteiger partial charge in [-0.15, -0.1) is 0 Å². The summed E-state index contributed by atoms with van der Waals surface area (Å²) in [5, 5.41) is 107. The molecule has 2 saturated heterocycles. The van der Waals surface area contributed by atoms with Gasteiger partial charge < -0.3 is 71.5 Å². The Morgan fingerprint density at radius 3 is 2.31 bits per heavy atom. The molecule has 2 aliphatic heterocycles. The van der Waals surface area contributed by atoms with Crippen LogP contribution in [0.1, 0.15) is 136 Å². The zero-order valence-electron chi connectivity index (χ0n) is 42.0. The minimum absolute atomic E-state index is 0.00311. The lowest BCUT2D eigenvalue weighted by Crippen LogP contribution is -2.74. The summed E-state index contributed by atoms with van der Waals surface area (Å²) < 4.78 is 12.6. The van der Waals surface area contributed by atoms with Crippen LogP contribution in [-0.4, -0.2) is 150 Å². The van der Waals surface area contributed by atoms with Gasteiger partial charge in [-0.05, 0) is 141 Å². The van der Waals surface area contributed by atoms with Crippen molar-refractivity contribution < 1.29 is 65.0 Å². The molecule has 1 aromatic heterocycles. The van der Waals surface area contributed by atoms with E-state index in [9.17, 15) is 55.5 Å². The second-order valence-corrected chi connectivity index (χ2v) is 25.0. The van der Waals surface area contributed by atoms with Gasteiger partial charge in [-0.1, -0.05) is 59.1 Å². The molecular formula is C53H84N4O13. The third-order valence-corrected chi connectivity index (χ3v) is 22.4. The number of ether oxygens (including phenoxy) is 2. The molecule has 17 nitrogen and oxygen atoms in total. The number of imidazole rings is 1. The van der Waals surface area contributed by atoms with E-state index in [1.165, 1.54) is 0 Å². The zero-order chi connectivity index (χ0) is 50.6. The van der Waals surface area contributed by atoms with Gasteiger partial charge in [0.2, 0.25) is 5.91 Å². The predicted octanol–water partition coefficient (Wildman–Crippen LogP) is 2.73. The molecule has 1 amide bonds. The first-order valence-electron chi connectivity index (χ1n) is 26.6. The number of hydrogen-bond donors (Lipinski definition) is 12. The zero-order valence-corrected chi connectivity index (χ0v) is 42.0. The Morgan fingerprint density at radius 1 is 0.957 bits per heavy atom. The number of carboxylic acid groups (broad SMARTS) is 1. The van der Waals surface area contributed by atoms with E-state index in [4.69, 9.17) is 15.2 Å². The number of carbonyl (C=O) groups excluding carboxylic acids is 1. The third kappa shape index (κ3) is 7.34. The molecule has 394 valence electrons. The van der Waals surface area contributed by atoms with Crippen LogP contribution in [0, 0.1) is 73.4 Å². The Bertz CT molecular complexity index is 2110. The maximum atomic E-state index is 14.8. The van der Waals surface area contributed by atoms with E-state index >= 15 is 0 Å². The topological polar surface area (TPSA) is 301 Å². The Hall–Kier alpha value is -2.55. The number of amides is 1. The first-order valence-corrected chi connectivity index (χ1v) is 26.6. The number of nitrogens with one attached hydrogen (secondary N) is 2. The summed E-state index contributed by atoms with van der Waals surface area (Å²) in [5.74, 6) is -3.73. The smallest absolute Gasteiger partial charge is 0.310 e. The highest BCUT2D eigenvalue weighted by Crippen LogP contribution is 2.78. The average molecular weight is 985 g/mol. The normalized spacial score (nSPS) is 48.4. The molecule has 0 unspecified atom stereocenters. The van der Waals surface area contributed by atoms with Gasteiger partial charge in [0.25, 0.3) is 0 Å². The minimum Gasteiger partial charge on any atom is -0.481 e. The van der Waals surface area contributed by atoms with Gasteiger partial charge in [0, 0.05) is 42.5 Å². The standard InChI is InChI=1S/C53H84N4O13/c1-47(26-60)16-17-53(46(67)68)28(23-58)20-49(3)30(33(53)21-47)10-11-36-48(49,2)15-12-37-50(36,4)32(40(63)43(51(37,5)38(62)24-59)70-44-42(65)41(64)35(61)25-69-44)19-31-39(57-45(66)52(31)13-6-7-14-52)29(9-8-18-54)34-22-55-27-56-34/h10,22,27-29,31-33,35-44,58-65H,6-9,11-21,23-26,54H2,1-5H3,(H,55,56)(H,57,66)(H,67,68)/t28-,29-,31+,32+,33+,35-,36+,37+,38-,39-,40-,41+,42-,43-,44+,47+,48-,49-,50-,51-,53+/m1/s1. The quantitative estimate of drug-likeness (QED) is 0.0943. The lowest BCUT2D eigenvalue weighted by atomic mass is 9.30. The number of nitrogens with two attached hydrogens (primary N) is 1. The monoisotopic (exact) mass is 985 g/mol. The number of nitrogens with zero attached hydrogens (tertiary/aromatic N) is 1. The van der Waals surface area contributed by atoms with E-state index in [0.717, 1.165) is 24.1 Å².